The summed E-state index contributed by atoms with van der Waals surface area (Å²) in [5, 5.41) is 3.85. The fourth-order valence-corrected chi connectivity index (χ4v) is 3.64. The van der Waals surface area contributed by atoms with Crippen molar-refractivity contribution < 1.29 is 8.42 Å². The number of rotatable bonds is 6. The van der Waals surface area contributed by atoms with Gasteiger partial charge in [-0.2, -0.15) is 4.37 Å². The second-order valence-electron chi connectivity index (χ2n) is 4.92. The zero-order chi connectivity index (χ0) is 15.5. The summed E-state index contributed by atoms with van der Waals surface area (Å²) in [6.45, 7) is 5.91. The van der Waals surface area contributed by atoms with Gasteiger partial charge in [-0.05, 0) is 38.5 Å². The molecule has 1 heterocycles. The highest BCUT2D eigenvalue weighted by atomic mass is 32.2. The molecule has 21 heavy (non-hydrogen) atoms. The van der Waals surface area contributed by atoms with Crippen LogP contribution in [0.2, 0.25) is 0 Å². The number of aromatic nitrogens is 2. The van der Waals surface area contributed by atoms with Gasteiger partial charge in [0.2, 0.25) is 15.2 Å². The minimum Gasteiger partial charge on any atom is -0.356 e. The molecule has 0 radical (unpaired) electrons. The van der Waals surface area contributed by atoms with E-state index in [1.165, 1.54) is 11.5 Å². The Kier molecular flexibility index (Phi) is 4.92. The predicted molar refractivity (Wildman–Crippen MR) is 83.9 cm³/mol. The summed E-state index contributed by atoms with van der Waals surface area (Å²) in [6, 6.07) is 6.71. The summed E-state index contributed by atoms with van der Waals surface area (Å²) >= 11 is 1.28. The molecule has 2 rings (SSSR count). The van der Waals surface area contributed by atoms with E-state index in [2.05, 4.69) is 19.4 Å². The second kappa shape index (κ2) is 6.50. The van der Waals surface area contributed by atoms with Crippen LogP contribution >= 0.6 is 11.5 Å². The summed E-state index contributed by atoms with van der Waals surface area (Å²) in [7, 11) is -3.46. The van der Waals surface area contributed by atoms with Crippen molar-refractivity contribution in [2.24, 2.45) is 0 Å². The average Bonchev–Trinajstić information content (AvgIpc) is 2.81. The van der Waals surface area contributed by atoms with Crippen molar-refractivity contribution in [1.82, 2.24) is 14.1 Å². The van der Waals surface area contributed by atoms with Crippen molar-refractivity contribution >= 4 is 26.7 Å². The first-order chi connectivity index (χ1) is 9.87. The molecular formula is C13H18N4O2S2. The SMILES string of the molecule is Cc1nsc(NCc2cccc(S(=O)(=O)NC(C)C)c2)n1. The van der Waals surface area contributed by atoms with Gasteiger partial charge in [0, 0.05) is 24.1 Å². The molecule has 0 amide bonds. The maximum atomic E-state index is 12.1. The Labute approximate surface area is 128 Å². The van der Waals surface area contributed by atoms with Gasteiger partial charge < -0.3 is 5.32 Å². The number of nitrogens with zero attached hydrogens (tertiary/aromatic N) is 2. The Morgan fingerprint density at radius 3 is 2.71 bits per heavy atom. The Morgan fingerprint density at radius 1 is 1.33 bits per heavy atom. The number of hydrogen-bond acceptors (Lipinski definition) is 6. The molecule has 114 valence electrons. The van der Waals surface area contributed by atoms with Crippen LogP contribution in [0.25, 0.3) is 0 Å². The van der Waals surface area contributed by atoms with Gasteiger partial charge >= 0.3 is 0 Å². The highest BCUT2D eigenvalue weighted by molar-refractivity contribution is 7.89. The van der Waals surface area contributed by atoms with Crippen molar-refractivity contribution in [1.29, 1.82) is 0 Å². The summed E-state index contributed by atoms with van der Waals surface area (Å²) in [6.07, 6.45) is 0. The van der Waals surface area contributed by atoms with E-state index in [1.54, 1.807) is 32.0 Å². The van der Waals surface area contributed by atoms with Gasteiger partial charge in [0.05, 0.1) is 4.90 Å². The number of anilines is 1. The van der Waals surface area contributed by atoms with Crippen LogP contribution in [0.5, 0.6) is 0 Å². The van der Waals surface area contributed by atoms with Crippen molar-refractivity contribution in [2.45, 2.75) is 38.3 Å². The van der Waals surface area contributed by atoms with Gasteiger partial charge in [-0.1, -0.05) is 12.1 Å². The van der Waals surface area contributed by atoms with Gasteiger partial charge in [0.15, 0.2) is 0 Å². The maximum Gasteiger partial charge on any atom is 0.240 e. The fourth-order valence-electron chi connectivity index (χ4n) is 1.75. The van der Waals surface area contributed by atoms with Crippen LogP contribution in [0.15, 0.2) is 29.2 Å². The summed E-state index contributed by atoms with van der Waals surface area (Å²) < 4.78 is 30.9. The number of nitrogens with one attached hydrogen (secondary N) is 2. The number of sulfonamides is 1. The fraction of sp³-hybridized carbons (Fsp3) is 0.385. The zero-order valence-corrected chi connectivity index (χ0v) is 13.8. The smallest absolute Gasteiger partial charge is 0.240 e. The van der Waals surface area contributed by atoms with Crippen molar-refractivity contribution in [3.05, 3.63) is 35.7 Å². The largest absolute Gasteiger partial charge is 0.356 e. The molecule has 0 saturated heterocycles. The Hall–Kier alpha value is -1.51. The Morgan fingerprint density at radius 2 is 2.10 bits per heavy atom. The average molecular weight is 326 g/mol. The van der Waals surface area contributed by atoms with E-state index < -0.39 is 10.0 Å². The highest BCUT2D eigenvalue weighted by Gasteiger charge is 2.15. The van der Waals surface area contributed by atoms with E-state index in [1.807, 2.05) is 13.0 Å². The van der Waals surface area contributed by atoms with Crippen LogP contribution in [-0.2, 0) is 16.6 Å². The molecule has 0 saturated carbocycles. The van der Waals surface area contributed by atoms with Gasteiger partial charge in [0.25, 0.3) is 0 Å². The lowest BCUT2D eigenvalue weighted by molar-refractivity contribution is 0.569. The molecule has 0 aliphatic rings. The van der Waals surface area contributed by atoms with Crippen LogP contribution in [0, 0.1) is 6.92 Å². The van der Waals surface area contributed by atoms with E-state index in [0.29, 0.717) is 6.54 Å². The molecule has 0 aliphatic heterocycles. The minimum atomic E-state index is -3.46. The van der Waals surface area contributed by atoms with E-state index in [-0.39, 0.29) is 10.9 Å². The highest BCUT2D eigenvalue weighted by Crippen LogP contribution is 2.15. The lowest BCUT2D eigenvalue weighted by Crippen LogP contribution is -2.30. The Bertz CT molecular complexity index is 710. The van der Waals surface area contributed by atoms with Gasteiger partial charge in [-0.25, -0.2) is 18.1 Å². The number of benzene rings is 1. The molecule has 6 nitrogen and oxygen atoms in total. The third-order valence-corrected chi connectivity index (χ3v) is 4.99. The first-order valence-corrected chi connectivity index (χ1v) is 8.78. The molecule has 0 aliphatic carbocycles. The van der Waals surface area contributed by atoms with Gasteiger partial charge in [-0.15, -0.1) is 0 Å². The van der Waals surface area contributed by atoms with Crippen LogP contribution in [0.4, 0.5) is 5.13 Å². The third-order valence-electron chi connectivity index (χ3n) is 2.57. The van der Waals surface area contributed by atoms with Gasteiger partial charge in [0.1, 0.15) is 5.82 Å². The molecule has 2 aromatic rings. The molecule has 2 N–H and O–H groups in total. The standard InChI is InChI=1S/C13H18N4O2S2/c1-9(2)17-21(18,19)12-6-4-5-11(7-12)8-14-13-15-10(3)16-20-13/h4-7,9,17H,8H2,1-3H3,(H,14,15,16). The van der Waals surface area contributed by atoms with E-state index in [4.69, 9.17) is 0 Å². The molecule has 0 atom stereocenters. The monoisotopic (exact) mass is 326 g/mol. The first kappa shape index (κ1) is 15.9. The molecule has 0 unspecified atom stereocenters. The van der Waals surface area contributed by atoms with E-state index in [0.717, 1.165) is 16.5 Å². The lowest BCUT2D eigenvalue weighted by atomic mass is 10.2. The molecule has 1 aromatic carbocycles. The molecule has 0 spiro atoms. The quantitative estimate of drug-likeness (QED) is 0.850. The third kappa shape index (κ3) is 4.48. The van der Waals surface area contributed by atoms with Crippen LogP contribution in [0.3, 0.4) is 0 Å². The lowest BCUT2D eigenvalue weighted by Gasteiger charge is -2.10. The van der Waals surface area contributed by atoms with Crippen molar-refractivity contribution in [3.63, 3.8) is 0 Å². The minimum absolute atomic E-state index is 0.138. The van der Waals surface area contributed by atoms with Gasteiger partial charge in [-0.3, -0.25) is 0 Å². The second-order valence-corrected chi connectivity index (χ2v) is 7.39. The summed E-state index contributed by atoms with van der Waals surface area (Å²) in [4.78, 5) is 4.47. The topological polar surface area (TPSA) is 84.0 Å². The van der Waals surface area contributed by atoms with E-state index in [9.17, 15) is 8.42 Å². The molecule has 1 aromatic heterocycles. The van der Waals surface area contributed by atoms with Crippen molar-refractivity contribution in [2.75, 3.05) is 5.32 Å². The van der Waals surface area contributed by atoms with Crippen LogP contribution in [0.1, 0.15) is 25.2 Å². The summed E-state index contributed by atoms with van der Waals surface area (Å²) in [5.74, 6) is 0.722. The van der Waals surface area contributed by atoms with E-state index >= 15 is 0 Å². The molecule has 0 bridgehead atoms. The maximum absolute atomic E-state index is 12.1. The summed E-state index contributed by atoms with van der Waals surface area (Å²) in [5.41, 5.74) is 0.870. The van der Waals surface area contributed by atoms with Crippen molar-refractivity contribution in [3.8, 4) is 0 Å². The molecule has 0 fully saturated rings. The molecular weight excluding hydrogens is 308 g/mol. The predicted octanol–water partition coefficient (Wildman–Crippen LogP) is 2.15. The number of hydrogen-bond donors (Lipinski definition) is 2. The number of aryl methyl sites for hydroxylation is 1. The molecule has 8 heteroatoms. The Balaban J connectivity index is 2.10. The normalized spacial score (nSPS) is 11.8. The van der Waals surface area contributed by atoms with Crippen LogP contribution < -0.4 is 10.0 Å². The zero-order valence-electron chi connectivity index (χ0n) is 12.1. The first-order valence-electron chi connectivity index (χ1n) is 6.52. The van der Waals surface area contributed by atoms with Crippen LogP contribution in [-0.4, -0.2) is 23.8 Å².